The van der Waals surface area contributed by atoms with Crippen LogP contribution in [0.1, 0.15) is 132 Å². The summed E-state index contributed by atoms with van der Waals surface area (Å²) in [6, 6.07) is 0. The van der Waals surface area contributed by atoms with Crippen molar-refractivity contribution in [2.75, 3.05) is 0 Å². The van der Waals surface area contributed by atoms with E-state index in [1.54, 1.807) is 16.7 Å². The Bertz CT molecular complexity index is 1290. The molecule has 12 unspecified atom stereocenters. The normalized spacial score (nSPS) is 49.6. The minimum absolute atomic E-state index is 0.0487. The molecule has 4 saturated carbocycles. The van der Waals surface area contributed by atoms with Crippen molar-refractivity contribution in [2.45, 2.75) is 138 Å². The molecular formula is C40H60O4. The molecule has 0 saturated heterocycles. The van der Waals surface area contributed by atoms with E-state index in [0.29, 0.717) is 53.3 Å². The van der Waals surface area contributed by atoms with Crippen LogP contribution in [0.4, 0.5) is 0 Å². The van der Waals surface area contributed by atoms with E-state index in [1.165, 1.54) is 38.5 Å². The van der Waals surface area contributed by atoms with Crippen molar-refractivity contribution in [3.63, 3.8) is 0 Å². The van der Waals surface area contributed by atoms with E-state index in [9.17, 15) is 14.7 Å². The fourth-order valence-corrected chi connectivity index (χ4v) is 14.1. The van der Waals surface area contributed by atoms with Gasteiger partial charge < -0.3 is 9.84 Å². The Morgan fingerprint density at radius 2 is 1.23 bits per heavy atom. The molecule has 4 fully saturated rings. The molecule has 0 heterocycles. The molecule has 0 spiro atoms. The summed E-state index contributed by atoms with van der Waals surface area (Å²) in [7, 11) is 0. The zero-order valence-electron chi connectivity index (χ0n) is 29.0. The van der Waals surface area contributed by atoms with Crippen molar-refractivity contribution >= 4 is 12.4 Å². The molecule has 244 valence electrons. The lowest BCUT2D eigenvalue weighted by atomic mass is 9.37. The summed E-state index contributed by atoms with van der Waals surface area (Å²) in [5, 5.41) is 10.8. The first-order chi connectivity index (χ1) is 20.7. The third kappa shape index (κ3) is 3.93. The Balaban J connectivity index is 1.49. The highest BCUT2D eigenvalue weighted by Gasteiger charge is 2.67. The van der Waals surface area contributed by atoms with Crippen LogP contribution < -0.4 is 0 Å². The fourth-order valence-electron chi connectivity index (χ4n) is 14.1. The maximum Gasteiger partial charge on any atom is 0.309 e. The topological polar surface area (TPSA) is 63.6 Å². The third-order valence-electron chi connectivity index (χ3n) is 16.1. The molecule has 1 N–H and O–H groups in total. The number of ether oxygens (including phenoxy) is 1. The lowest BCUT2D eigenvalue weighted by Crippen LogP contribution is -2.62. The van der Waals surface area contributed by atoms with Crippen molar-refractivity contribution in [1.82, 2.24) is 0 Å². The summed E-state index contributed by atoms with van der Waals surface area (Å²) in [5.74, 6) is 4.38. The van der Waals surface area contributed by atoms with Gasteiger partial charge in [0.05, 0.1) is 5.41 Å². The van der Waals surface area contributed by atoms with Gasteiger partial charge in [0, 0.05) is 5.92 Å². The van der Waals surface area contributed by atoms with Gasteiger partial charge in [0.15, 0.2) is 0 Å². The molecule has 7 rings (SSSR count). The largest absolute Gasteiger partial charge is 0.481 e. The Labute approximate surface area is 267 Å². The first-order valence-electron chi connectivity index (χ1n) is 18.6. The van der Waals surface area contributed by atoms with Gasteiger partial charge in [-0.25, -0.2) is 0 Å². The summed E-state index contributed by atoms with van der Waals surface area (Å²) < 4.78 is 6.12. The average Bonchev–Trinajstić information content (AvgIpc) is 2.96. The van der Waals surface area contributed by atoms with Gasteiger partial charge in [-0.3, -0.25) is 9.59 Å². The van der Waals surface area contributed by atoms with Crippen molar-refractivity contribution in [3.05, 3.63) is 22.3 Å². The fraction of sp³-hybridized carbons (Fsp3) is 0.850. The highest BCUT2D eigenvalue weighted by Crippen LogP contribution is 2.74. The number of carbonyl (C=O) groups is 2. The lowest BCUT2D eigenvalue weighted by Gasteiger charge is -2.68. The second-order valence-corrected chi connectivity index (χ2v) is 18.5. The number of hydrogen-bond donors (Lipinski definition) is 1. The van der Waals surface area contributed by atoms with E-state index in [4.69, 9.17) is 4.74 Å². The molecule has 0 aromatic carbocycles. The SMILES string of the molecule is CC(C)C1CCC2C3=C1C1=C4C(CC5C(C)(C(=O)O)CCCC5(C)C4CCC1C(C)C)C3CC1C(C)(OC=O)CCCC21C. The van der Waals surface area contributed by atoms with Crippen LogP contribution in [0.5, 0.6) is 0 Å². The van der Waals surface area contributed by atoms with Crippen molar-refractivity contribution in [2.24, 2.45) is 75.4 Å². The number of fused-ring (bicyclic) bond motifs is 6. The summed E-state index contributed by atoms with van der Waals surface area (Å²) in [4.78, 5) is 25.1. The monoisotopic (exact) mass is 604 g/mol. The minimum Gasteiger partial charge on any atom is -0.481 e. The number of carboxylic acid groups (broad SMARTS) is 1. The summed E-state index contributed by atoms with van der Waals surface area (Å²) in [5.41, 5.74) is 6.33. The molecule has 0 aromatic heterocycles. The van der Waals surface area contributed by atoms with Crippen LogP contribution in [-0.2, 0) is 14.3 Å². The van der Waals surface area contributed by atoms with Crippen LogP contribution in [0.15, 0.2) is 22.3 Å². The van der Waals surface area contributed by atoms with Gasteiger partial charge in [-0.1, -0.05) is 59.1 Å². The van der Waals surface area contributed by atoms with Crippen LogP contribution in [0.2, 0.25) is 0 Å². The molecule has 4 nitrogen and oxygen atoms in total. The number of carbonyl (C=O) groups excluding carboxylic acids is 1. The predicted molar refractivity (Wildman–Crippen MR) is 175 cm³/mol. The molecule has 7 aliphatic rings. The maximum absolute atomic E-state index is 13.1. The molecule has 0 aromatic rings. The Morgan fingerprint density at radius 1 is 0.750 bits per heavy atom. The molecule has 12 atom stereocenters. The van der Waals surface area contributed by atoms with E-state index in [0.717, 1.165) is 45.0 Å². The van der Waals surface area contributed by atoms with Gasteiger partial charge in [-0.15, -0.1) is 0 Å². The summed E-state index contributed by atoms with van der Waals surface area (Å²) in [6.45, 7) is 20.0. The number of carboxylic acids is 1. The number of aliphatic carboxylic acids is 1. The average molecular weight is 605 g/mol. The highest BCUT2D eigenvalue weighted by atomic mass is 16.5. The van der Waals surface area contributed by atoms with Crippen LogP contribution in [0.25, 0.3) is 0 Å². The van der Waals surface area contributed by atoms with E-state index in [2.05, 4.69) is 55.4 Å². The number of allylic oxidation sites excluding steroid dienone is 4. The van der Waals surface area contributed by atoms with E-state index in [1.807, 2.05) is 5.57 Å². The first-order valence-corrected chi connectivity index (χ1v) is 18.6. The lowest BCUT2D eigenvalue weighted by molar-refractivity contribution is -0.180. The zero-order valence-corrected chi connectivity index (χ0v) is 29.0. The second-order valence-electron chi connectivity index (χ2n) is 18.5. The summed E-state index contributed by atoms with van der Waals surface area (Å²) >= 11 is 0. The quantitative estimate of drug-likeness (QED) is 0.317. The van der Waals surface area contributed by atoms with Crippen molar-refractivity contribution in [1.29, 1.82) is 0 Å². The molecule has 0 radical (unpaired) electrons. The van der Waals surface area contributed by atoms with Gasteiger partial charge >= 0.3 is 5.97 Å². The summed E-state index contributed by atoms with van der Waals surface area (Å²) in [6.07, 6.45) is 13.4. The molecular weight excluding hydrogens is 544 g/mol. The van der Waals surface area contributed by atoms with Crippen LogP contribution in [-0.4, -0.2) is 23.1 Å². The molecule has 0 amide bonds. The van der Waals surface area contributed by atoms with Gasteiger partial charge in [0.1, 0.15) is 5.60 Å². The predicted octanol–water partition coefficient (Wildman–Crippen LogP) is 9.63. The van der Waals surface area contributed by atoms with Gasteiger partial charge in [-0.05, 0) is 160 Å². The first kappa shape index (κ1) is 31.0. The third-order valence-corrected chi connectivity index (χ3v) is 16.1. The standard InChI is InChI=1S/C40H60O4/c1-22(2)24-11-13-28-32-26(19-30-37(28,5)15-9-17-39(30,7)36(42)43)27-20-31-38(6,16-10-18-40(31,8)44-21-41)29-14-12-25(23(3)4)35(33(27)29)34(24)32/h21-31H,9-20H2,1-8H3,(H,42,43). The van der Waals surface area contributed by atoms with Crippen LogP contribution in [0, 0.1) is 75.4 Å². The number of rotatable bonds is 5. The Hall–Kier alpha value is -1.58. The van der Waals surface area contributed by atoms with Crippen LogP contribution in [0.3, 0.4) is 0 Å². The Morgan fingerprint density at radius 3 is 1.70 bits per heavy atom. The van der Waals surface area contributed by atoms with Crippen molar-refractivity contribution < 1.29 is 19.4 Å². The van der Waals surface area contributed by atoms with Gasteiger partial charge in [0.2, 0.25) is 0 Å². The molecule has 0 aliphatic heterocycles. The molecule has 0 bridgehead atoms. The highest BCUT2D eigenvalue weighted by molar-refractivity contribution is 5.75. The van der Waals surface area contributed by atoms with E-state index >= 15 is 0 Å². The van der Waals surface area contributed by atoms with E-state index < -0.39 is 17.0 Å². The second kappa shape index (κ2) is 10.2. The zero-order chi connectivity index (χ0) is 31.6. The van der Waals surface area contributed by atoms with Gasteiger partial charge in [-0.2, -0.15) is 0 Å². The molecule has 7 aliphatic carbocycles. The van der Waals surface area contributed by atoms with E-state index in [-0.39, 0.29) is 16.7 Å². The smallest absolute Gasteiger partial charge is 0.309 e. The van der Waals surface area contributed by atoms with Gasteiger partial charge in [0.25, 0.3) is 6.47 Å². The maximum atomic E-state index is 13.1. The number of hydrogen-bond acceptors (Lipinski definition) is 3. The Kier molecular flexibility index (Phi) is 7.20. The van der Waals surface area contributed by atoms with Crippen molar-refractivity contribution in [3.8, 4) is 0 Å². The van der Waals surface area contributed by atoms with Crippen LogP contribution >= 0.6 is 0 Å². The molecule has 44 heavy (non-hydrogen) atoms. The molecule has 4 heteroatoms. The minimum atomic E-state index is -0.655.